The van der Waals surface area contributed by atoms with Crippen molar-refractivity contribution >= 4 is 5.91 Å². The summed E-state index contributed by atoms with van der Waals surface area (Å²) in [4.78, 5) is 13.4. The Morgan fingerprint density at radius 3 is 0.966 bits per heavy atom. The summed E-state index contributed by atoms with van der Waals surface area (Å²) in [5.41, 5.74) is 0. The van der Waals surface area contributed by atoms with Crippen LogP contribution in [0.15, 0.2) is 0 Å². The fraction of sp³-hybridized carbons (Fsp3) is 0.986. The Balaban J connectivity index is 1.63. The van der Waals surface area contributed by atoms with Crippen LogP contribution in [-0.2, 0) is 23.7 Å². The highest BCUT2D eigenvalue weighted by atomic mass is 16.7. The van der Waals surface area contributed by atoms with E-state index in [1.807, 2.05) is 0 Å². The van der Waals surface area contributed by atoms with Gasteiger partial charge in [-0.15, -0.1) is 0 Å². The Morgan fingerprint density at radius 2 is 0.648 bits per heavy atom. The SMILES string of the molecule is CCCCCCCCCCCCCCCCCCCCCCCCCCCCCCC(O)C(COC1OC(CO)C(OC2OC(CO)C(O)C(O)C2O)C(O)C1O)NC(=O)CCCCCCCCCCCCCCCCCCCCCCCCCCCC. The van der Waals surface area contributed by atoms with E-state index in [-0.39, 0.29) is 12.5 Å². The lowest BCUT2D eigenvalue weighted by Crippen LogP contribution is -2.65. The molecular formula is C74H145NO13. The number of carbonyl (C=O) groups excluding carboxylic acids is 1. The van der Waals surface area contributed by atoms with E-state index in [4.69, 9.17) is 18.9 Å². The third kappa shape index (κ3) is 43.1. The van der Waals surface area contributed by atoms with Crippen molar-refractivity contribution in [3.05, 3.63) is 0 Å². The van der Waals surface area contributed by atoms with Gasteiger partial charge in [0.25, 0.3) is 0 Å². The largest absolute Gasteiger partial charge is 0.394 e. The minimum atomic E-state index is -1.78. The molecule has 0 aliphatic carbocycles. The molecule has 2 aliphatic heterocycles. The first kappa shape index (κ1) is 83.1. The first-order valence-corrected chi connectivity index (χ1v) is 38.3. The van der Waals surface area contributed by atoms with Gasteiger partial charge in [0.15, 0.2) is 12.6 Å². The third-order valence-corrected chi connectivity index (χ3v) is 19.3. The molecule has 2 aliphatic rings. The summed E-state index contributed by atoms with van der Waals surface area (Å²) >= 11 is 0. The number of ether oxygens (including phenoxy) is 4. The van der Waals surface area contributed by atoms with Gasteiger partial charge in [0.05, 0.1) is 32.0 Å². The number of hydrogen-bond acceptors (Lipinski definition) is 13. The van der Waals surface area contributed by atoms with E-state index in [1.54, 1.807) is 0 Å². The Hall–Kier alpha value is -1.01. The van der Waals surface area contributed by atoms with E-state index in [9.17, 15) is 45.6 Å². The van der Waals surface area contributed by atoms with Crippen molar-refractivity contribution in [3.8, 4) is 0 Å². The van der Waals surface area contributed by atoms with Gasteiger partial charge in [0.2, 0.25) is 5.91 Å². The van der Waals surface area contributed by atoms with Crippen molar-refractivity contribution in [3.63, 3.8) is 0 Å². The second kappa shape index (κ2) is 59.7. The molecule has 0 radical (unpaired) electrons. The maximum absolute atomic E-state index is 13.4. The average Bonchev–Trinajstić information content (AvgIpc) is 2.54. The van der Waals surface area contributed by atoms with Crippen LogP contribution in [0.25, 0.3) is 0 Å². The summed E-state index contributed by atoms with van der Waals surface area (Å²) in [5.74, 6) is -0.196. The van der Waals surface area contributed by atoms with Crippen LogP contribution in [0.1, 0.15) is 373 Å². The molecule has 12 unspecified atom stereocenters. The molecule has 88 heavy (non-hydrogen) atoms. The van der Waals surface area contributed by atoms with Crippen LogP contribution in [-0.4, -0.2) is 140 Å². The van der Waals surface area contributed by atoms with Crippen molar-refractivity contribution in [1.82, 2.24) is 5.32 Å². The normalized spacial score (nSPS) is 23.0. The molecule has 0 aromatic carbocycles. The minimum absolute atomic E-state index is 0.196. The first-order chi connectivity index (χ1) is 43.1. The van der Waals surface area contributed by atoms with Crippen molar-refractivity contribution < 1.29 is 64.6 Å². The molecule has 12 atom stereocenters. The van der Waals surface area contributed by atoms with Gasteiger partial charge in [-0.05, 0) is 12.8 Å². The lowest BCUT2D eigenvalue weighted by Gasteiger charge is -2.46. The lowest BCUT2D eigenvalue weighted by atomic mass is 9.97. The Morgan fingerprint density at radius 1 is 0.364 bits per heavy atom. The highest BCUT2D eigenvalue weighted by Gasteiger charge is 2.51. The number of unbranched alkanes of at least 4 members (excludes halogenated alkanes) is 52. The average molecular weight is 1260 g/mol. The lowest BCUT2D eigenvalue weighted by molar-refractivity contribution is -0.359. The fourth-order valence-corrected chi connectivity index (χ4v) is 13.2. The predicted octanol–water partition coefficient (Wildman–Crippen LogP) is 16.4. The highest BCUT2D eigenvalue weighted by molar-refractivity contribution is 5.76. The number of nitrogens with one attached hydrogen (secondary N) is 1. The molecule has 2 fully saturated rings. The zero-order chi connectivity index (χ0) is 63.8. The van der Waals surface area contributed by atoms with Crippen molar-refractivity contribution in [2.24, 2.45) is 0 Å². The molecule has 2 rings (SSSR count). The Bertz CT molecular complexity index is 1480. The number of amides is 1. The van der Waals surface area contributed by atoms with Crippen LogP contribution < -0.4 is 5.32 Å². The van der Waals surface area contributed by atoms with Crippen molar-refractivity contribution in [2.75, 3.05) is 19.8 Å². The van der Waals surface area contributed by atoms with Gasteiger partial charge in [-0.1, -0.05) is 354 Å². The van der Waals surface area contributed by atoms with Gasteiger partial charge in [0.1, 0.15) is 48.8 Å². The summed E-state index contributed by atoms with van der Waals surface area (Å²) in [6.45, 7) is 2.94. The van der Waals surface area contributed by atoms with Crippen LogP contribution >= 0.6 is 0 Å². The number of hydrogen-bond donors (Lipinski definition) is 9. The third-order valence-electron chi connectivity index (χ3n) is 19.3. The first-order valence-electron chi connectivity index (χ1n) is 38.3. The molecule has 2 saturated heterocycles. The van der Waals surface area contributed by atoms with Crippen molar-refractivity contribution in [1.29, 1.82) is 0 Å². The van der Waals surface area contributed by atoms with Gasteiger partial charge < -0.3 is 65.1 Å². The van der Waals surface area contributed by atoms with Gasteiger partial charge in [-0.25, -0.2) is 0 Å². The smallest absolute Gasteiger partial charge is 0.220 e. The van der Waals surface area contributed by atoms with E-state index < -0.39 is 86.8 Å². The maximum Gasteiger partial charge on any atom is 0.220 e. The van der Waals surface area contributed by atoms with Crippen LogP contribution in [0, 0.1) is 0 Å². The second-order valence-corrected chi connectivity index (χ2v) is 27.5. The van der Waals surface area contributed by atoms with Gasteiger partial charge >= 0.3 is 0 Å². The fourth-order valence-electron chi connectivity index (χ4n) is 13.2. The van der Waals surface area contributed by atoms with Gasteiger partial charge in [-0.2, -0.15) is 0 Å². The number of aliphatic hydroxyl groups is 8. The molecule has 2 heterocycles. The van der Waals surface area contributed by atoms with Gasteiger partial charge in [-0.3, -0.25) is 4.79 Å². The van der Waals surface area contributed by atoms with Crippen LogP contribution in [0.5, 0.6) is 0 Å². The summed E-state index contributed by atoms with van der Waals surface area (Å²) in [6, 6.07) is -0.825. The minimum Gasteiger partial charge on any atom is -0.394 e. The molecule has 0 bridgehead atoms. The monoisotopic (exact) mass is 1260 g/mol. The highest BCUT2D eigenvalue weighted by Crippen LogP contribution is 2.30. The Labute approximate surface area is 540 Å². The predicted molar refractivity (Wildman–Crippen MR) is 360 cm³/mol. The molecular weight excluding hydrogens is 1110 g/mol. The Kier molecular flexibility index (Phi) is 56.4. The molecule has 9 N–H and O–H groups in total. The second-order valence-electron chi connectivity index (χ2n) is 27.5. The zero-order valence-electron chi connectivity index (χ0n) is 57.3. The molecule has 1 amide bonds. The van der Waals surface area contributed by atoms with Crippen LogP contribution in [0.3, 0.4) is 0 Å². The topological polar surface area (TPSA) is 228 Å². The maximum atomic E-state index is 13.4. The summed E-state index contributed by atoms with van der Waals surface area (Å²) in [5, 5.41) is 87.8. The van der Waals surface area contributed by atoms with Crippen LogP contribution in [0.2, 0.25) is 0 Å². The number of aliphatic hydroxyl groups excluding tert-OH is 8. The van der Waals surface area contributed by atoms with Crippen LogP contribution in [0.4, 0.5) is 0 Å². The molecule has 0 aromatic rings. The zero-order valence-corrected chi connectivity index (χ0v) is 57.3. The molecule has 524 valence electrons. The number of rotatable bonds is 65. The molecule has 14 nitrogen and oxygen atoms in total. The number of carbonyl (C=O) groups is 1. The van der Waals surface area contributed by atoms with E-state index in [2.05, 4.69) is 19.2 Å². The standard InChI is InChI=1S/C74H145NO13/c1-3-5-7-9-11-13-15-17-19-21-23-25-27-29-31-32-33-35-37-39-41-43-45-47-49-51-53-55-57-63(78)62(61-85-73-71(84)69(82)72(65(60-77)87-73)88-74-70(83)68(81)67(80)64(59-76)86-74)75-66(79)58-56-54-52-50-48-46-44-42-40-38-36-34-30-28-26-24-22-20-18-16-14-12-10-8-6-4-2/h62-65,67-74,76-78,80-84H,3-61H2,1-2H3,(H,75,79). The summed E-state index contributed by atoms with van der Waals surface area (Å²) in [7, 11) is 0. The molecule has 0 aromatic heterocycles. The van der Waals surface area contributed by atoms with Gasteiger partial charge in [0, 0.05) is 6.42 Å². The quantitative estimate of drug-likeness (QED) is 0.0259. The van der Waals surface area contributed by atoms with E-state index >= 15 is 0 Å². The summed E-state index contributed by atoms with van der Waals surface area (Å²) in [6.07, 6.45) is 55.6. The van der Waals surface area contributed by atoms with Crippen molar-refractivity contribution in [2.45, 2.75) is 447 Å². The summed E-state index contributed by atoms with van der Waals surface area (Å²) < 4.78 is 23.0. The van der Waals surface area contributed by atoms with E-state index in [1.165, 1.54) is 295 Å². The molecule has 0 saturated carbocycles. The molecule has 14 heteroatoms. The molecule has 0 spiro atoms. The van der Waals surface area contributed by atoms with E-state index in [0.717, 1.165) is 51.4 Å². The van der Waals surface area contributed by atoms with E-state index in [0.29, 0.717) is 12.8 Å².